The van der Waals surface area contributed by atoms with Crippen LogP contribution in [0.3, 0.4) is 0 Å². The molecule has 166 valence electrons. The molecule has 6 heterocycles. The van der Waals surface area contributed by atoms with E-state index in [0.717, 1.165) is 11.3 Å². The number of hydrogen-bond acceptors (Lipinski definition) is 6. The summed E-state index contributed by atoms with van der Waals surface area (Å²) in [6.45, 7) is 3.55. The van der Waals surface area contributed by atoms with Gasteiger partial charge in [0.05, 0.1) is 22.6 Å². The lowest BCUT2D eigenvalue weighted by Crippen LogP contribution is -2.57. The number of hydrogen-bond donors (Lipinski definition) is 2. The Kier molecular flexibility index (Phi) is 3.37. The minimum atomic E-state index is -1.37. The van der Waals surface area contributed by atoms with Crippen LogP contribution in [-0.2, 0) is 25.7 Å². The number of para-hydroxylation sites is 2. The lowest BCUT2D eigenvalue weighted by Gasteiger charge is -2.40. The molecule has 2 saturated heterocycles. The second-order valence-corrected chi connectivity index (χ2v) is 9.38. The SMILES string of the molecule is C[C@@H]1N[C@H]2N(C1=O)c1ccccc1[C@@]21CC2C(=O)NC(C)(O1)c1nc3ccccc3c(=O)n12. The van der Waals surface area contributed by atoms with Gasteiger partial charge in [-0.2, -0.15) is 0 Å². The molecule has 8 rings (SSSR count). The highest BCUT2D eigenvalue weighted by molar-refractivity contribution is 6.02. The van der Waals surface area contributed by atoms with Crippen LogP contribution in [0.25, 0.3) is 10.9 Å². The highest BCUT2D eigenvalue weighted by Crippen LogP contribution is 2.56. The summed E-state index contributed by atoms with van der Waals surface area (Å²) < 4.78 is 8.35. The molecular formula is C24H21N5O4. The van der Waals surface area contributed by atoms with Gasteiger partial charge in [-0.3, -0.25) is 29.2 Å². The number of carbonyl (C=O) groups excluding carboxylic acids is 2. The Balaban J connectivity index is 1.52. The molecule has 9 nitrogen and oxygen atoms in total. The lowest BCUT2D eigenvalue weighted by atomic mass is 9.86. The fourth-order valence-corrected chi connectivity index (χ4v) is 6.05. The van der Waals surface area contributed by atoms with Crippen molar-refractivity contribution in [3.05, 3.63) is 70.3 Å². The molecule has 33 heavy (non-hydrogen) atoms. The van der Waals surface area contributed by atoms with Crippen LogP contribution in [0.4, 0.5) is 5.69 Å². The van der Waals surface area contributed by atoms with Crippen molar-refractivity contribution in [2.24, 2.45) is 0 Å². The van der Waals surface area contributed by atoms with E-state index in [0.29, 0.717) is 16.7 Å². The second-order valence-electron chi connectivity index (χ2n) is 9.38. The topological polar surface area (TPSA) is 106 Å². The molecule has 9 heteroatoms. The standard InChI is InChI=1S/C24H21N5O4/c1-12-19(31)28-16-10-6-4-8-14(16)24(22(28)25-12)11-17-18(30)27-23(2,33-24)21-26-15-9-5-3-7-13(15)20(32)29(17)21/h3-10,12,17,22,25H,11H2,1-2H3,(H,27,30)/t12-,17?,22-,23?,24-/m0/s1. The summed E-state index contributed by atoms with van der Waals surface area (Å²) in [4.78, 5) is 46.5. The molecule has 5 atom stereocenters. The van der Waals surface area contributed by atoms with Crippen LogP contribution < -0.4 is 21.1 Å². The van der Waals surface area contributed by atoms with E-state index in [9.17, 15) is 14.4 Å². The molecule has 2 fully saturated rings. The van der Waals surface area contributed by atoms with Crippen LogP contribution in [0, 0.1) is 0 Å². The van der Waals surface area contributed by atoms with E-state index in [-0.39, 0.29) is 23.8 Å². The first kappa shape index (κ1) is 19.0. The Bertz CT molecular complexity index is 1470. The zero-order chi connectivity index (χ0) is 22.7. The monoisotopic (exact) mass is 443 g/mol. The summed E-state index contributed by atoms with van der Waals surface area (Å²) in [6.07, 6.45) is -0.321. The number of amides is 2. The Hall–Kier alpha value is -3.56. The molecule has 0 radical (unpaired) electrons. The van der Waals surface area contributed by atoms with Crippen molar-refractivity contribution in [3.8, 4) is 0 Å². The Labute approximate surface area is 188 Å². The number of aromatic nitrogens is 2. The van der Waals surface area contributed by atoms with Crippen molar-refractivity contribution >= 4 is 28.4 Å². The molecule has 5 aliphatic rings. The quantitative estimate of drug-likeness (QED) is 0.541. The fourth-order valence-electron chi connectivity index (χ4n) is 6.05. The predicted octanol–water partition coefficient (Wildman–Crippen LogP) is 1.22. The van der Waals surface area contributed by atoms with Crippen molar-refractivity contribution in [2.45, 2.75) is 49.8 Å². The number of nitrogens with zero attached hydrogens (tertiary/aromatic N) is 3. The third-order valence-electron chi connectivity index (χ3n) is 7.43. The molecule has 1 spiro atoms. The van der Waals surface area contributed by atoms with Gasteiger partial charge in [-0.15, -0.1) is 0 Å². The van der Waals surface area contributed by atoms with Crippen LogP contribution in [0.2, 0.25) is 0 Å². The van der Waals surface area contributed by atoms with E-state index in [2.05, 4.69) is 10.6 Å². The van der Waals surface area contributed by atoms with Crippen LogP contribution in [0.1, 0.15) is 37.7 Å². The third-order valence-corrected chi connectivity index (χ3v) is 7.43. The number of nitrogens with one attached hydrogen (secondary N) is 2. The van der Waals surface area contributed by atoms with Gasteiger partial charge in [0, 0.05) is 12.0 Å². The highest BCUT2D eigenvalue weighted by Gasteiger charge is 2.65. The van der Waals surface area contributed by atoms with Gasteiger partial charge in [0.15, 0.2) is 11.5 Å². The number of anilines is 1. The van der Waals surface area contributed by atoms with Crippen LogP contribution >= 0.6 is 0 Å². The van der Waals surface area contributed by atoms with Crippen LogP contribution in [-0.4, -0.2) is 33.6 Å². The summed E-state index contributed by atoms with van der Waals surface area (Å²) >= 11 is 0. The number of carbonyl (C=O) groups is 2. The minimum Gasteiger partial charge on any atom is -0.334 e. The summed E-state index contributed by atoms with van der Waals surface area (Å²) in [5, 5.41) is 6.81. The van der Waals surface area contributed by atoms with Crippen molar-refractivity contribution in [1.82, 2.24) is 20.2 Å². The van der Waals surface area contributed by atoms with Gasteiger partial charge in [0.1, 0.15) is 17.8 Å². The Morgan fingerprint density at radius 1 is 1.09 bits per heavy atom. The number of rotatable bonds is 0. The smallest absolute Gasteiger partial charge is 0.262 e. The Morgan fingerprint density at radius 3 is 2.70 bits per heavy atom. The second kappa shape index (κ2) is 5.86. The van der Waals surface area contributed by atoms with E-state index in [1.165, 1.54) is 4.57 Å². The Morgan fingerprint density at radius 2 is 1.85 bits per heavy atom. The average Bonchev–Trinajstić information content (AvgIpc) is 3.13. The number of ether oxygens (including phenoxy) is 1. The van der Waals surface area contributed by atoms with Gasteiger partial charge in [-0.05, 0) is 32.0 Å². The molecule has 5 aliphatic heterocycles. The van der Waals surface area contributed by atoms with Gasteiger partial charge in [-0.25, -0.2) is 4.98 Å². The molecule has 2 amide bonds. The maximum atomic E-state index is 13.6. The molecule has 2 N–H and O–H groups in total. The van der Waals surface area contributed by atoms with Crippen molar-refractivity contribution in [1.29, 1.82) is 0 Å². The summed E-state index contributed by atoms with van der Waals surface area (Å²) in [6, 6.07) is 13.5. The molecule has 1 aromatic heterocycles. The highest BCUT2D eigenvalue weighted by atomic mass is 16.5. The fraction of sp³-hybridized carbons (Fsp3) is 0.333. The largest absolute Gasteiger partial charge is 0.334 e. The third kappa shape index (κ3) is 2.14. The summed E-state index contributed by atoms with van der Waals surface area (Å²) in [7, 11) is 0. The zero-order valence-electron chi connectivity index (χ0n) is 18.0. The normalized spacial score (nSPS) is 33.8. The first-order chi connectivity index (χ1) is 15.8. The maximum absolute atomic E-state index is 13.6. The number of benzene rings is 2. The van der Waals surface area contributed by atoms with Gasteiger partial charge >= 0.3 is 0 Å². The summed E-state index contributed by atoms with van der Waals surface area (Å²) in [5.74, 6) is 0.0165. The molecule has 0 aliphatic carbocycles. The zero-order valence-corrected chi connectivity index (χ0v) is 18.0. The van der Waals surface area contributed by atoms with E-state index < -0.39 is 29.6 Å². The lowest BCUT2D eigenvalue weighted by molar-refractivity contribution is -0.180. The van der Waals surface area contributed by atoms with E-state index in [1.807, 2.05) is 37.3 Å². The predicted molar refractivity (Wildman–Crippen MR) is 118 cm³/mol. The molecule has 2 bridgehead atoms. The van der Waals surface area contributed by atoms with Gasteiger partial charge in [0.2, 0.25) is 11.8 Å². The van der Waals surface area contributed by atoms with Gasteiger partial charge in [0.25, 0.3) is 5.56 Å². The summed E-state index contributed by atoms with van der Waals surface area (Å²) in [5.41, 5.74) is -0.563. The van der Waals surface area contributed by atoms with Gasteiger partial charge < -0.3 is 10.1 Å². The van der Waals surface area contributed by atoms with Crippen molar-refractivity contribution < 1.29 is 14.3 Å². The van der Waals surface area contributed by atoms with E-state index in [1.54, 1.807) is 30.0 Å². The molecular weight excluding hydrogens is 422 g/mol. The molecule has 2 aromatic carbocycles. The first-order valence-electron chi connectivity index (χ1n) is 11.1. The van der Waals surface area contributed by atoms with E-state index in [4.69, 9.17) is 9.72 Å². The van der Waals surface area contributed by atoms with Gasteiger partial charge in [-0.1, -0.05) is 30.3 Å². The maximum Gasteiger partial charge on any atom is 0.262 e. The van der Waals surface area contributed by atoms with Crippen LogP contribution in [0.15, 0.2) is 53.3 Å². The van der Waals surface area contributed by atoms with Crippen molar-refractivity contribution in [2.75, 3.05) is 4.90 Å². The average molecular weight is 443 g/mol. The molecule has 3 aromatic rings. The minimum absolute atomic E-state index is 0.0486. The molecule has 0 saturated carbocycles. The first-order valence-corrected chi connectivity index (χ1v) is 11.1. The van der Waals surface area contributed by atoms with Crippen LogP contribution in [0.5, 0.6) is 0 Å². The number of fused-ring (bicyclic) bond motifs is 5. The van der Waals surface area contributed by atoms with Crippen molar-refractivity contribution in [3.63, 3.8) is 0 Å². The van der Waals surface area contributed by atoms with E-state index >= 15 is 0 Å². The molecule has 2 unspecified atom stereocenters.